The second-order valence-corrected chi connectivity index (χ2v) is 4.49. The van der Waals surface area contributed by atoms with E-state index in [0.717, 1.165) is 29.9 Å². The number of nitrogen functional groups attached to an aromatic ring is 1. The van der Waals surface area contributed by atoms with E-state index in [1.807, 2.05) is 4.57 Å². The number of nitrogens with two attached hydrogens (primary N) is 1. The van der Waals surface area contributed by atoms with Gasteiger partial charge in [-0.3, -0.25) is 0 Å². The first kappa shape index (κ1) is 9.63. The number of aromatic nitrogens is 2. The predicted octanol–water partition coefficient (Wildman–Crippen LogP) is 2.56. The van der Waals surface area contributed by atoms with Crippen molar-refractivity contribution >= 4 is 17.0 Å². The Morgan fingerprint density at radius 2 is 2.25 bits per heavy atom. The fourth-order valence-electron chi connectivity index (χ4n) is 2.07. The van der Waals surface area contributed by atoms with Gasteiger partial charge in [-0.15, -0.1) is 0 Å². The normalized spacial score (nSPS) is 15.8. The number of aryl methyl sites for hydroxylation is 1. The highest BCUT2D eigenvalue weighted by Crippen LogP contribution is 2.33. The molecule has 0 radical (unpaired) electrons. The van der Waals surface area contributed by atoms with Gasteiger partial charge in [0.1, 0.15) is 5.82 Å². The van der Waals surface area contributed by atoms with Gasteiger partial charge in [0.25, 0.3) is 0 Å². The Labute approximate surface area is 93.1 Å². The van der Waals surface area contributed by atoms with Gasteiger partial charge in [0.2, 0.25) is 5.95 Å². The Kier molecular flexibility index (Phi) is 2.09. The molecule has 0 bridgehead atoms. The predicted molar refractivity (Wildman–Crippen MR) is 61.4 cm³/mol. The van der Waals surface area contributed by atoms with Gasteiger partial charge < -0.3 is 10.3 Å². The summed E-state index contributed by atoms with van der Waals surface area (Å²) in [6.45, 7) is 0.844. The zero-order valence-corrected chi connectivity index (χ0v) is 8.99. The molecule has 3 nitrogen and oxygen atoms in total. The molecular weight excluding hydrogens is 205 g/mol. The summed E-state index contributed by atoms with van der Waals surface area (Å²) in [5, 5.41) is 0. The molecule has 0 spiro atoms. The monoisotopic (exact) mass is 219 g/mol. The van der Waals surface area contributed by atoms with E-state index in [4.69, 9.17) is 5.73 Å². The molecule has 0 unspecified atom stereocenters. The lowest BCUT2D eigenvalue weighted by molar-refractivity contribution is 0.608. The van der Waals surface area contributed by atoms with E-state index < -0.39 is 0 Å². The third-order valence-corrected chi connectivity index (χ3v) is 3.20. The second-order valence-electron chi connectivity index (χ2n) is 4.49. The summed E-state index contributed by atoms with van der Waals surface area (Å²) in [4.78, 5) is 4.23. The lowest BCUT2D eigenvalue weighted by atomic mass is 10.2. The van der Waals surface area contributed by atoms with Crippen LogP contribution in [0.15, 0.2) is 18.2 Å². The van der Waals surface area contributed by atoms with Gasteiger partial charge >= 0.3 is 0 Å². The highest BCUT2D eigenvalue weighted by Gasteiger charge is 2.21. The fourth-order valence-corrected chi connectivity index (χ4v) is 2.07. The van der Waals surface area contributed by atoms with Crippen LogP contribution < -0.4 is 5.73 Å². The van der Waals surface area contributed by atoms with Gasteiger partial charge in [0.05, 0.1) is 11.0 Å². The minimum Gasteiger partial charge on any atom is -0.369 e. The number of benzene rings is 1. The Morgan fingerprint density at radius 1 is 1.44 bits per heavy atom. The smallest absolute Gasteiger partial charge is 0.201 e. The largest absolute Gasteiger partial charge is 0.369 e. The molecule has 84 valence electrons. The third kappa shape index (κ3) is 1.64. The van der Waals surface area contributed by atoms with Crippen LogP contribution in [0.25, 0.3) is 11.0 Å². The SMILES string of the molecule is Nc1nc2ccc(F)cc2n1CCC1CC1. The summed E-state index contributed by atoms with van der Waals surface area (Å²) in [5.74, 6) is 1.09. The highest BCUT2D eigenvalue weighted by atomic mass is 19.1. The minimum absolute atomic E-state index is 0.236. The summed E-state index contributed by atoms with van der Waals surface area (Å²) in [5.41, 5.74) is 7.42. The Balaban J connectivity index is 1.99. The molecule has 2 aromatic rings. The second kappa shape index (κ2) is 3.47. The van der Waals surface area contributed by atoms with E-state index in [2.05, 4.69) is 4.98 Å². The van der Waals surface area contributed by atoms with Crippen molar-refractivity contribution in [2.75, 3.05) is 5.73 Å². The van der Waals surface area contributed by atoms with Crippen molar-refractivity contribution in [3.63, 3.8) is 0 Å². The van der Waals surface area contributed by atoms with Gasteiger partial charge in [-0.1, -0.05) is 12.8 Å². The zero-order chi connectivity index (χ0) is 11.1. The minimum atomic E-state index is -0.236. The van der Waals surface area contributed by atoms with E-state index in [1.165, 1.54) is 25.0 Å². The van der Waals surface area contributed by atoms with Crippen molar-refractivity contribution < 1.29 is 4.39 Å². The molecule has 1 aliphatic carbocycles. The van der Waals surface area contributed by atoms with Gasteiger partial charge in [0.15, 0.2) is 0 Å². The van der Waals surface area contributed by atoms with Crippen LogP contribution in [0.3, 0.4) is 0 Å². The van der Waals surface area contributed by atoms with Crippen LogP contribution >= 0.6 is 0 Å². The standard InChI is InChI=1S/C12H14FN3/c13-9-3-4-10-11(7-9)16(12(14)15-10)6-5-8-1-2-8/h3-4,7-8H,1-2,5-6H2,(H2,14,15). The number of fused-ring (bicyclic) bond motifs is 1. The number of nitrogens with zero attached hydrogens (tertiary/aromatic N) is 2. The van der Waals surface area contributed by atoms with E-state index >= 15 is 0 Å². The molecule has 1 fully saturated rings. The lowest BCUT2D eigenvalue weighted by Gasteiger charge is -2.05. The van der Waals surface area contributed by atoms with Crippen molar-refractivity contribution in [2.45, 2.75) is 25.8 Å². The summed E-state index contributed by atoms with van der Waals surface area (Å²) in [6.07, 6.45) is 3.76. The van der Waals surface area contributed by atoms with Crippen molar-refractivity contribution in [2.24, 2.45) is 5.92 Å². The van der Waals surface area contributed by atoms with Crippen molar-refractivity contribution in [3.8, 4) is 0 Å². The maximum absolute atomic E-state index is 13.2. The molecule has 0 amide bonds. The van der Waals surface area contributed by atoms with Crippen LogP contribution in [0.2, 0.25) is 0 Å². The first-order valence-corrected chi connectivity index (χ1v) is 5.65. The molecule has 16 heavy (non-hydrogen) atoms. The third-order valence-electron chi connectivity index (χ3n) is 3.20. The molecule has 1 saturated carbocycles. The summed E-state index contributed by atoms with van der Waals surface area (Å²) >= 11 is 0. The average Bonchev–Trinajstić information content (AvgIpc) is 3.01. The Morgan fingerprint density at radius 3 is 3.00 bits per heavy atom. The number of halogens is 1. The van der Waals surface area contributed by atoms with E-state index in [1.54, 1.807) is 6.07 Å². The van der Waals surface area contributed by atoms with Crippen molar-refractivity contribution in [1.82, 2.24) is 9.55 Å². The first-order chi connectivity index (χ1) is 7.74. The van der Waals surface area contributed by atoms with Crippen LogP contribution in [-0.4, -0.2) is 9.55 Å². The Bertz CT molecular complexity index is 528. The number of anilines is 1. The molecule has 1 aliphatic rings. The molecule has 1 aromatic heterocycles. The van der Waals surface area contributed by atoms with Crippen molar-refractivity contribution in [1.29, 1.82) is 0 Å². The topological polar surface area (TPSA) is 43.8 Å². The Hall–Kier alpha value is -1.58. The summed E-state index contributed by atoms with van der Waals surface area (Å²) < 4.78 is 15.1. The maximum Gasteiger partial charge on any atom is 0.201 e. The highest BCUT2D eigenvalue weighted by molar-refractivity contribution is 5.78. The average molecular weight is 219 g/mol. The number of hydrogen-bond donors (Lipinski definition) is 1. The number of hydrogen-bond acceptors (Lipinski definition) is 2. The molecule has 3 rings (SSSR count). The molecule has 2 N–H and O–H groups in total. The van der Waals surface area contributed by atoms with Gasteiger partial charge in [-0.2, -0.15) is 0 Å². The van der Waals surface area contributed by atoms with Crippen molar-refractivity contribution in [3.05, 3.63) is 24.0 Å². The molecule has 0 aliphatic heterocycles. The molecule has 4 heteroatoms. The van der Waals surface area contributed by atoms with Crippen LogP contribution in [0.5, 0.6) is 0 Å². The van der Waals surface area contributed by atoms with Gasteiger partial charge in [-0.05, 0) is 30.5 Å². The summed E-state index contributed by atoms with van der Waals surface area (Å²) in [7, 11) is 0. The van der Waals surface area contributed by atoms with E-state index in [-0.39, 0.29) is 5.82 Å². The van der Waals surface area contributed by atoms with E-state index in [0.29, 0.717) is 5.95 Å². The number of rotatable bonds is 3. The number of imidazole rings is 1. The van der Waals surface area contributed by atoms with Gasteiger partial charge in [0, 0.05) is 6.54 Å². The maximum atomic E-state index is 13.2. The first-order valence-electron chi connectivity index (χ1n) is 5.65. The molecule has 0 saturated heterocycles. The van der Waals surface area contributed by atoms with Crippen LogP contribution in [0, 0.1) is 11.7 Å². The quantitative estimate of drug-likeness (QED) is 0.862. The fraction of sp³-hybridized carbons (Fsp3) is 0.417. The van der Waals surface area contributed by atoms with Gasteiger partial charge in [-0.25, -0.2) is 9.37 Å². The van der Waals surface area contributed by atoms with Crippen LogP contribution in [-0.2, 0) is 6.54 Å². The van der Waals surface area contributed by atoms with Crippen LogP contribution in [0.4, 0.5) is 10.3 Å². The molecular formula is C12H14FN3. The van der Waals surface area contributed by atoms with Crippen LogP contribution in [0.1, 0.15) is 19.3 Å². The van der Waals surface area contributed by atoms with E-state index in [9.17, 15) is 4.39 Å². The molecule has 0 atom stereocenters. The summed E-state index contributed by atoms with van der Waals surface area (Å²) in [6, 6.07) is 4.60. The lowest BCUT2D eigenvalue weighted by Crippen LogP contribution is -2.04. The molecule has 1 heterocycles. The zero-order valence-electron chi connectivity index (χ0n) is 8.99. The molecule has 1 aromatic carbocycles.